The summed E-state index contributed by atoms with van der Waals surface area (Å²) >= 11 is 0. The minimum Gasteiger partial charge on any atom is -0.493 e. The van der Waals surface area contributed by atoms with Gasteiger partial charge in [-0.1, -0.05) is 12.1 Å². The molecule has 2 aromatic rings. The number of primary amides is 1. The van der Waals surface area contributed by atoms with Crippen LogP contribution < -0.4 is 25.3 Å². The number of aromatic nitrogens is 1. The summed E-state index contributed by atoms with van der Waals surface area (Å²) in [7, 11) is 1.55. The van der Waals surface area contributed by atoms with Crippen LogP contribution in [0.5, 0.6) is 17.4 Å². The second-order valence-corrected chi connectivity index (χ2v) is 4.93. The van der Waals surface area contributed by atoms with Crippen LogP contribution >= 0.6 is 0 Å². The van der Waals surface area contributed by atoms with E-state index in [1.807, 2.05) is 30.3 Å². The van der Waals surface area contributed by atoms with E-state index in [-0.39, 0.29) is 6.61 Å². The van der Waals surface area contributed by atoms with Crippen molar-refractivity contribution >= 4 is 5.91 Å². The lowest BCUT2D eigenvalue weighted by atomic mass is 10.2. The van der Waals surface area contributed by atoms with Crippen molar-refractivity contribution in [1.82, 2.24) is 10.3 Å². The number of ether oxygens (including phenoxy) is 3. The molecule has 0 aliphatic heterocycles. The van der Waals surface area contributed by atoms with E-state index in [9.17, 15) is 4.79 Å². The molecule has 0 saturated carbocycles. The Labute approximate surface area is 140 Å². The van der Waals surface area contributed by atoms with E-state index in [1.165, 1.54) is 0 Å². The van der Waals surface area contributed by atoms with Crippen molar-refractivity contribution in [3.63, 3.8) is 0 Å². The zero-order chi connectivity index (χ0) is 17.2. The maximum Gasteiger partial charge on any atom is 0.255 e. The number of carbonyl (C=O) groups is 1. The summed E-state index contributed by atoms with van der Waals surface area (Å²) in [4.78, 5) is 14.9. The third kappa shape index (κ3) is 5.77. The van der Waals surface area contributed by atoms with Crippen LogP contribution in [0.4, 0.5) is 0 Å². The van der Waals surface area contributed by atoms with Crippen LogP contribution in [0.2, 0.25) is 0 Å². The monoisotopic (exact) mass is 331 g/mol. The van der Waals surface area contributed by atoms with Crippen molar-refractivity contribution in [2.45, 2.75) is 6.54 Å². The number of amides is 1. The Hall–Kier alpha value is -2.80. The van der Waals surface area contributed by atoms with Gasteiger partial charge in [-0.2, -0.15) is 0 Å². The van der Waals surface area contributed by atoms with Crippen molar-refractivity contribution < 1.29 is 19.0 Å². The van der Waals surface area contributed by atoms with Crippen molar-refractivity contribution in [1.29, 1.82) is 0 Å². The fraction of sp³-hybridized carbons (Fsp3) is 0.294. The van der Waals surface area contributed by atoms with Gasteiger partial charge < -0.3 is 25.3 Å². The van der Waals surface area contributed by atoms with Gasteiger partial charge in [0, 0.05) is 25.4 Å². The number of rotatable bonds is 10. The molecule has 1 amide bonds. The molecule has 1 heterocycles. The number of nitrogens with zero attached hydrogens (tertiary/aromatic N) is 1. The van der Waals surface area contributed by atoms with Crippen molar-refractivity contribution in [2.75, 3.05) is 26.9 Å². The SMILES string of the molecule is COc1cc(CNCCOc2ccccn2)ccc1OCC(N)=O. The second kappa shape index (κ2) is 9.36. The molecule has 24 heavy (non-hydrogen) atoms. The van der Waals surface area contributed by atoms with E-state index in [0.29, 0.717) is 37.1 Å². The average molecular weight is 331 g/mol. The summed E-state index contributed by atoms with van der Waals surface area (Å²) in [5, 5.41) is 3.27. The maximum absolute atomic E-state index is 10.8. The lowest BCUT2D eigenvalue weighted by molar-refractivity contribution is -0.119. The lowest BCUT2D eigenvalue weighted by Gasteiger charge is -2.12. The number of nitrogens with one attached hydrogen (secondary N) is 1. The van der Waals surface area contributed by atoms with Crippen molar-refractivity contribution in [3.8, 4) is 17.4 Å². The van der Waals surface area contributed by atoms with Crippen molar-refractivity contribution in [3.05, 3.63) is 48.2 Å². The standard InChI is InChI=1S/C17H21N3O4/c1-22-15-10-13(5-6-14(15)24-12-16(18)21)11-19-8-9-23-17-4-2-3-7-20-17/h2-7,10,19H,8-9,11-12H2,1H3,(H2,18,21). The lowest BCUT2D eigenvalue weighted by Crippen LogP contribution is -2.21. The fourth-order valence-corrected chi connectivity index (χ4v) is 1.98. The van der Waals surface area contributed by atoms with Gasteiger partial charge in [0.05, 0.1) is 7.11 Å². The molecule has 0 bridgehead atoms. The average Bonchev–Trinajstić information content (AvgIpc) is 2.60. The molecule has 0 radical (unpaired) electrons. The van der Waals surface area contributed by atoms with Gasteiger partial charge in [0.1, 0.15) is 6.61 Å². The van der Waals surface area contributed by atoms with E-state index in [0.717, 1.165) is 5.56 Å². The highest BCUT2D eigenvalue weighted by molar-refractivity contribution is 5.75. The van der Waals surface area contributed by atoms with E-state index in [2.05, 4.69) is 10.3 Å². The van der Waals surface area contributed by atoms with Gasteiger partial charge in [0.2, 0.25) is 5.88 Å². The maximum atomic E-state index is 10.8. The van der Waals surface area contributed by atoms with Gasteiger partial charge in [-0.15, -0.1) is 0 Å². The second-order valence-electron chi connectivity index (χ2n) is 4.93. The van der Waals surface area contributed by atoms with E-state index >= 15 is 0 Å². The fourth-order valence-electron chi connectivity index (χ4n) is 1.98. The molecule has 0 spiro atoms. The molecular weight excluding hydrogens is 310 g/mol. The molecule has 1 aromatic carbocycles. The minimum atomic E-state index is -0.532. The summed E-state index contributed by atoms with van der Waals surface area (Å²) in [5.74, 6) is 1.12. The zero-order valence-electron chi connectivity index (χ0n) is 13.5. The molecule has 0 atom stereocenters. The van der Waals surface area contributed by atoms with Gasteiger partial charge in [-0.3, -0.25) is 4.79 Å². The first-order chi connectivity index (χ1) is 11.7. The number of benzene rings is 1. The molecule has 1 aromatic heterocycles. The summed E-state index contributed by atoms with van der Waals surface area (Å²) in [5.41, 5.74) is 6.09. The van der Waals surface area contributed by atoms with Gasteiger partial charge in [-0.25, -0.2) is 4.98 Å². The summed E-state index contributed by atoms with van der Waals surface area (Å²) < 4.78 is 16.1. The highest BCUT2D eigenvalue weighted by Crippen LogP contribution is 2.27. The number of nitrogens with two attached hydrogens (primary N) is 1. The number of hydrogen-bond acceptors (Lipinski definition) is 6. The molecule has 3 N–H and O–H groups in total. The van der Waals surface area contributed by atoms with Crippen LogP contribution in [0.25, 0.3) is 0 Å². The van der Waals surface area contributed by atoms with Gasteiger partial charge in [-0.05, 0) is 23.8 Å². The first-order valence-corrected chi connectivity index (χ1v) is 7.51. The Balaban J connectivity index is 1.77. The zero-order valence-corrected chi connectivity index (χ0v) is 13.5. The van der Waals surface area contributed by atoms with Crippen LogP contribution in [-0.4, -0.2) is 37.8 Å². The van der Waals surface area contributed by atoms with E-state index in [4.69, 9.17) is 19.9 Å². The normalized spacial score (nSPS) is 10.2. The Morgan fingerprint density at radius 2 is 2.08 bits per heavy atom. The summed E-state index contributed by atoms with van der Waals surface area (Å²) in [6.45, 7) is 1.67. The van der Waals surface area contributed by atoms with Crippen LogP contribution in [0.15, 0.2) is 42.6 Å². The Morgan fingerprint density at radius 1 is 1.21 bits per heavy atom. The predicted molar refractivity (Wildman–Crippen MR) is 89.1 cm³/mol. The molecule has 0 fully saturated rings. The highest BCUT2D eigenvalue weighted by atomic mass is 16.5. The molecule has 0 saturated heterocycles. The van der Waals surface area contributed by atoms with Gasteiger partial charge in [0.25, 0.3) is 5.91 Å². The Kier molecular flexibility index (Phi) is 6.85. The molecular formula is C17H21N3O4. The first kappa shape index (κ1) is 17.6. The van der Waals surface area contributed by atoms with Crippen LogP contribution in [0.1, 0.15) is 5.56 Å². The molecule has 0 aliphatic carbocycles. The van der Waals surface area contributed by atoms with E-state index < -0.39 is 5.91 Å². The molecule has 2 rings (SSSR count). The molecule has 0 unspecified atom stereocenters. The largest absolute Gasteiger partial charge is 0.493 e. The topological polar surface area (TPSA) is 95.7 Å². The van der Waals surface area contributed by atoms with Gasteiger partial charge >= 0.3 is 0 Å². The smallest absolute Gasteiger partial charge is 0.255 e. The number of pyridine rings is 1. The van der Waals surface area contributed by atoms with Crippen LogP contribution in [0, 0.1) is 0 Å². The number of hydrogen-bond donors (Lipinski definition) is 2. The minimum absolute atomic E-state index is 0.182. The third-order valence-corrected chi connectivity index (χ3v) is 3.09. The summed E-state index contributed by atoms with van der Waals surface area (Å²) in [6.07, 6.45) is 1.69. The highest BCUT2D eigenvalue weighted by Gasteiger charge is 2.07. The predicted octanol–water partition coefficient (Wildman–Crippen LogP) is 1.12. The van der Waals surface area contributed by atoms with Crippen molar-refractivity contribution in [2.24, 2.45) is 5.73 Å². The summed E-state index contributed by atoms with van der Waals surface area (Å²) in [6, 6.07) is 11.0. The van der Waals surface area contributed by atoms with Crippen LogP contribution in [-0.2, 0) is 11.3 Å². The first-order valence-electron chi connectivity index (χ1n) is 7.51. The number of carbonyl (C=O) groups excluding carboxylic acids is 1. The number of methoxy groups -OCH3 is 1. The Morgan fingerprint density at radius 3 is 2.79 bits per heavy atom. The third-order valence-electron chi connectivity index (χ3n) is 3.09. The molecule has 7 heteroatoms. The van der Waals surface area contributed by atoms with E-state index in [1.54, 1.807) is 19.4 Å². The van der Waals surface area contributed by atoms with Crippen LogP contribution in [0.3, 0.4) is 0 Å². The van der Waals surface area contributed by atoms with Gasteiger partial charge in [0.15, 0.2) is 18.1 Å². The molecule has 0 aliphatic rings. The molecule has 7 nitrogen and oxygen atoms in total. The molecule has 128 valence electrons. The Bertz CT molecular complexity index is 650. The quantitative estimate of drug-likeness (QED) is 0.634.